The number of rotatable bonds is 17. The van der Waals surface area contributed by atoms with Crippen molar-refractivity contribution in [2.24, 2.45) is 0 Å². The second-order valence-corrected chi connectivity index (χ2v) is 11.3. The lowest BCUT2D eigenvalue weighted by Gasteiger charge is -2.20. The molecule has 6 nitrogen and oxygen atoms in total. The van der Waals surface area contributed by atoms with Crippen LogP contribution in [0.4, 0.5) is 10.5 Å². The topological polar surface area (TPSA) is 84.5 Å². The number of anilines is 1. The summed E-state index contributed by atoms with van der Waals surface area (Å²) in [5.41, 5.74) is 2.60. The molecule has 0 spiro atoms. The first-order valence-corrected chi connectivity index (χ1v) is 14.6. The minimum atomic E-state index is -4.19. The minimum absolute atomic E-state index is 0.183. The van der Waals surface area contributed by atoms with E-state index in [1.807, 2.05) is 50.6 Å². The van der Waals surface area contributed by atoms with E-state index in [0.29, 0.717) is 12.1 Å². The summed E-state index contributed by atoms with van der Waals surface area (Å²) in [5, 5.41) is 2.75. The van der Waals surface area contributed by atoms with Crippen molar-refractivity contribution in [1.82, 2.24) is 4.72 Å². The molecular weight excluding hydrogens is 448 g/mol. The number of para-hydroxylation sites is 1. The average molecular weight is 497 g/mol. The Hall–Kier alpha value is -1.60. The van der Waals surface area contributed by atoms with Gasteiger partial charge in [-0.2, -0.15) is 8.42 Å². The Bertz CT molecular complexity index is 796. The Morgan fingerprint density at radius 1 is 0.824 bits per heavy atom. The van der Waals surface area contributed by atoms with Gasteiger partial charge in [0.25, 0.3) is 0 Å². The van der Waals surface area contributed by atoms with Gasteiger partial charge >= 0.3 is 16.3 Å². The number of hydrogen-bond acceptors (Lipinski definition) is 4. The summed E-state index contributed by atoms with van der Waals surface area (Å²) in [5.74, 6) is 0.367. The third-order valence-corrected chi connectivity index (χ3v) is 7.10. The van der Waals surface area contributed by atoms with Gasteiger partial charge in [0.1, 0.15) is 0 Å². The second kappa shape index (κ2) is 16.1. The molecule has 34 heavy (non-hydrogen) atoms. The van der Waals surface area contributed by atoms with Gasteiger partial charge in [0.2, 0.25) is 0 Å². The molecule has 0 fully saturated rings. The largest absolute Gasteiger partial charge is 0.363 e. The molecule has 1 rings (SSSR count). The van der Waals surface area contributed by atoms with Crippen LogP contribution in [0.5, 0.6) is 0 Å². The van der Waals surface area contributed by atoms with Crippen LogP contribution in [0.2, 0.25) is 0 Å². The molecule has 1 atom stereocenters. The lowest BCUT2D eigenvalue weighted by atomic mass is 9.93. The summed E-state index contributed by atoms with van der Waals surface area (Å²) in [6, 6.07) is 5.06. The van der Waals surface area contributed by atoms with Gasteiger partial charge in [0.05, 0.1) is 6.10 Å². The molecule has 0 radical (unpaired) electrons. The maximum atomic E-state index is 12.5. The van der Waals surface area contributed by atoms with Crippen molar-refractivity contribution in [2.75, 3.05) is 5.32 Å². The Morgan fingerprint density at radius 2 is 1.29 bits per heavy atom. The highest BCUT2D eigenvalue weighted by molar-refractivity contribution is 7.85. The fourth-order valence-corrected chi connectivity index (χ4v) is 5.01. The van der Waals surface area contributed by atoms with Crippen LogP contribution in [0.3, 0.4) is 0 Å². The van der Waals surface area contributed by atoms with Gasteiger partial charge in [0.15, 0.2) is 0 Å². The highest BCUT2D eigenvalue weighted by Gasteiger charge is 2.21. The molecule has 2 N–H and O–H groups in total. The van der Waals surface area contributed by atoms with Crippen LogP contribution >= 0.6 is 0 Å². The third kappa shape index (κ3) is 12.2. The quantitative estimate of drug-likeness (QED) is 0.214. The van der Waals surface area contributed by atoms with Gasteiger partial charge in [-0.15, -0.1) is 0 Å². The van der Waals surface area contributed by atoms with E-state index in [9.17, 15) is 13.2 Å². The van der Waals surface area contributed by atoms with E-state index in [-0.39, 0.29) is 11.8 Å². The maximum absolute atomic E-state index is 12.5. The summed E-state index contributed by atoms with van der Waals surface area (Å²) in [7, 11) is -4.19. The number of carbonyl (C=O) groups excluding carboxylic acids is 1. The van der Waals surface area contributed by atoms with Gasteiger partial charge < -0.3 is 5.32 Å². The standard InChI is InChI=1S/C27H48N2O4S/c1-7-8-9-10-11-12-13-14-15-16-18-23(6)33-34(31,32)29-27(30)28-26-24(21(2)3)19-17-20-25(26)22(4)5/h17,19-23H,7-16,18H2,1-6H3,(H2,28,29,30). The minimum Gasteiger partial charge on any atom is -0.307 e. The van der Waals surface area contributed by atoms with E-state index in [1.165, 1.54) is 51.4 Å². The summed E-state index contributed by atoms with van der Waals surface area (Å²) in [6.07, 6.45) is 12.4. The zero-order valence-electron chi connectivity index (χ0n) is 22.3. The summed E-state index contributed by atoms with van der Waals surface area (Å²) >= 11 is 0. The van der Waals surface area contributed by atoms with E-state index >= 15 is 0 Å². The molecule has 1 aromatic carbocycles. The molecule has 0 saturated carbocycles. The van der Waals surface area contributed by atoms with Crippen molar-refractivity contribution in [1.29, 1.82) is 0 Å². The Morgan fingerprint density at radius 3 is 1.76 bits per heavy atom. The fourth-order valence-electron chi connectivity index (χ4n) is 4.16. The molecule has 0 heterocycles. The molecule has 1 aromatic rings. The Balaban J connectivity index is 2.44. The molecule has 1 unspecified atom stereocenters. The van der Waals surface area contributed by atoms with E-state index in [0.717, 1.165) is 24.0 Å². The Labute approximate surface area is 208 Å². The van der Waals surface area contributed by atoms with Crippen molar-refractivity contribution < 1.29 is 17.4 Å². The van der Waals surface area contributed by atoms with E-state index < -0.39 is 22.4 Å². The Kier molecular flexibility index (Phi) is 14.4. The molecule has 0 saturated heterocycles. The van der Waals surface area contributed by atoms with Crippen LogP contribution in [0, 0.1) is 0 Å². The van der Waals surface area contributed by atoms with Gasteiger partial charge in [-0.25, -0.2) is 9.52 Å². The summed E-state index contributed by atoms with van der Waals surface area (Å²) in [4.78, 5) is 12.5. The van der Waals surface area contributed by atoms with Crippen LogP contribution in [0.25, 0.3) is 0 Å². The van der Waals surface area contributed by atoms with Gasteiger partial charge in [0, 0.05) is 5.69 Å². The van der Waals surface area contributed by atoms with Crippen LogP contribution in [0.1, 0.15) is 135 Å². The van der Waals surface area contributed by atoms with Crippen molar-refractivity contribution in [3.63, 3.8) is 0 Å². The molecule has 0 bridgehead atoms. The molecule has 0 aliphatic heterocycles. The molecule has 0 aliphatic carbocycles. The number of benzene rings is 1. The summed E-state index contributed by atoms with van der Waals surface area (Å²) in [6.45, 7) is 12.1. The highest BCUT2D eigenvalue weighted by Crippen LogP contribution is 2.32. The van der Waals surface area contributed by atoms with E-state index in [2.05, 4.69) is 12.2 Å². The first kappa shape index (κ1) is 30.4. The number of urea groups is 1. The predicted octanol–water partition coefficient (Wildman–Crippen LogP) is 8.02. The highest BCUT2D eigenvalue weighted by atomic mass is 32.2. The first-order chi connectivity index (χ1) is 16.1. The third-order valence-electron chi connectivity index (χ3n) is 6.08. The monoisotopic (exact) mass is 496 g/mol. The van der Waals surface area contributed by atoms with Crippen molar-refractivity contribution >= 4 is 22.0 Å². The van der Waals surface area contributed by atoms with Crippen molar-refractivity contribution in [2.45, 2.75) is 130 Å². The SMILES string of the molecule is CCCCCCCCCCCCC(C)OS(=O)(=O)NC(=O)Nc1c(C(C)C)cccc1C(C)C. The number of nitrogens with one attached hydrogen (secondary N) is 2. The van der Waals surface area contributed by atoms with Gasteiger partial charge in [-0.1, -0.05) is 117 Å². The predicted molar refractivity (Wildman–Crippen MR) is 143 cm³/mol. The van der Waals surface area contributed by atoms with Crippen molar-refractivity contribution in [3.05, 3.63) is 29.3 Å². The van der Waals surface area contributed by atoms with Gasteiger partial charge in [-0.05, 0) is 36.3 Å². The van der Waals surface area contributed by atoms with Gasteiger partial charge in [-0.3, -0.25) is 4.18 Å². The number of hydrogen-bond donors (Lipinski definition) is 2. The average Bonchev–Trinajstić information content (AvgIpc) is 2.73. The van der Waals surface area contributed by atoms with E-state index in [1.54, 1.807) is 6.92 Å². The molecule has 7 heteroatoms. The first-order valence-electron chi connectivity index (χ1n) is 13.2. The summed E-state index contributed by atoms with van der Waals surface area (Å²) < 4.78 is 31.9. The fraction of sp³-hybridized carbons (Fsp3) is 0.741. The van der Waals surface area contributed by atoms with Crippen LogP contribution < -0.4 is 10.0 Å². The number of carbonyl (C=O) groups is 1. The lowest BCUT2D eigenvalue weighted by Crippen LogP contribution is -2.37. The normalized spacial score (nSPS) is 12.8. The smallest absolute Gasteiger partial charge is 0.307 e. The molecule has 2 amide bonds. The number of unbranched alkanes of at least 4 members (excludes halogenated alkanes) is 9. The molecule has 0 aromatic heterocycles. The molecule has 0 aliphatic rings. The lowest BCUT2D eigenvalue weighted by molar-refractivity contribution is 0.208. The molecular formula is C27H48N2O4S. The van der Waals surface area contributed by atoms with Crippen molar-refractivity contribution in [3.8, 4) is 0 Å². The van der Waals surface area contributed by atoms with Crippen LogP contribution in [-0.2, 0) is 14.5 Å². The van der Waals surface area contributed by atoms with E-state index in [4.69, 9.17) is 4.18 Å². The zero-order valence-corrected chi connectivity index (χ0v) is 23.1. The zero-order chi connectivity index (χ0) is 25.6. The van der Waals surface area contributed by atoms with Crippen LogP contribution in [0.15, 0.2) is 18.2 Å². The number of amides is 2. The molecule has 196 valence electrons. The maximum Gasteiger partial charge on any atom is 0.363 e. The second-order valence-electron chi connectivity index (χ2n) is 10.0. The van der Waals surface area contributed by atoms with Crippen LogP contribution in [-0.4, -0.2) is 20.6 Å².